The van der Waals surface area contributed by atoms with E-state index in [9.17, 15) is 0 Å². The summed E-state index contributed by atoms with van der Waals surface area (Å²) in [6, 6.07) is 20.3. The van der Waals surface area contributed by atoms with Crippen LogP contribution in [-0.4, -0.2) is 68.2 Å². The van der Waals surface area contributed by atoms with Gasteiger partial charge in [0, 0.05) is 32.7 Å². The van der Waals surface area contributed by atoms with E-state index in [1.54, 1.807) is 0 Å². The molecule has 1 aliphatic heterocycles. The number of aliphatic imine (C=N–C) groups is 1. The summed E-state index contributed by atoms with van der Waals surface area (Å²) < 4.78 is 5.77. The number of hydrogen-bond donors (Lipinski definition) is 2. The third-order valence-corrected chi connectivity index (χ3v) is 6.58. The summed E-state index contributed by atoms with van der Waals surface area (Å²) in [7, 11) is 0. The van der Waals surface area contributed by atoms with Crippen molar-refractivity contribution in [2.75, 3.05) is 52.4 Å². The van der Waals surface area contributed by atoms with Gasteiger partial charge in [-0.2, -0.15) is 0 Å². The van der Waals surface area contributed by atoms with Gasteiger partial charge in [-0.3, -0.25) is 0 Å². The average Bonchev–Trinajstić information content (AvgIpc) is 2.91. The van der Waals surface area contributed by atoms with E-state index in [1.807, 2.05) is 48.5 Å². The molecule has 6 heteroatoms. The van der Waals surface area contributed by atoms with Gasteiger partial charge in [-0.25, -0.2) is 4.99 Å². The van der Waals surface area contributed by atoms with Crippen LogP contribution in [0.25, 0.3) is 0 Å². The lowest BCUT2D eigenvalue weighted by molar-refractivity contribution is 0.129. The highest BCUT2D eigenvalue weighted by Crippen LogP contribution is 2.11. The highest BCUT2D eigenvalue weighted by Gasteiger charge is 2.15. The zero-order valence-electron chi connectivity index (χ0n) is 21.4. The molecule has 0 saturated carbocycles. The minimum Gasteiger partial charge on any atom is -0.494 e. The molecule has 0 amide bonds. The van der Waals surface area contributed by atoms with E-state index >= 15 is 0 Å². The molecule has 3 N–H and O–H groups in total. The zero-order valence-corrected chi connectivity index (χ0v) is 21.4. The third-order valence-electron chi connectivity index (χ3n) is 6.58. The number of rotatable bonds is 16. The van der Waals surface area contributed by atoms with Gasteiger partial charge in [0.2, 0.25) is 0 Å². The molecule has 0 aliphatic carbocycles. The molecule has 0 bridgehead atoms. The van der Waals surface area contributed by atoms with E-state index in [0.29, 0.717) is 12.5 Å². The fourth-order valence-corrected chi connectivity index (χ4v) is 4.40. The summed E-state index contributed by atoms with van der Waals surface area (Å²) in [6.45, 7) is 9.61. The Hall–Kier alpha value is -2.57. The molecule has 6 nitrogen and oxygen atoms in total. The summed E-state index contributed by atoms with van der Waals surface area (Å²) >= 11 is 0. The van der Waals surface area contributed by atoms with E-state index in [2.05, 4.69) is 32.2 Å². The number of guanidine groups is 1. The Morgan fingerprint density at radius 3 is 2.00 bits per heavy atom. The SMILES string of the molecule is NC(=NCc1ccccc1)NCCCCN1CCN(CCCCCCCOc2ccccc2)CC1. The lowest BCUT2D eigenvalue weighted by Gasteiger charge is -2.34. The minimum absolute atomic E-state index is 0.544. The van der Waals surface area contributed by atoms with Gasteiger partial charge >= 0.3 is 0 Å². The largest absolute Gasteiger partial charge is 0.494 e. The zero-order chi connectivity index (χ0) is 24.4. The van der Waals surface area contributed by atoms with Crippen molar-refractivity contribution in [1.29, 1.82) is 0 Å². The molecule has 1 saturated heterocycles. The molecule has 2 aromatic carbocycles. The monoisotopic (exact) mass is 479 g/mol. The van der Waals surface area contributed by atoms with Crippen LogP contribution in [0, 0.1) is 0 Å². The molecule has 1 fully saturated rings. The van der Waals surface area contributed by atoms with Gasteiger partial charge in [-0.15, -0.1) is 0 Å². The predicted molar refractivity (Wildman–Crippen MR) is 147 cm³/mol. The van der Waals surface area contributed by atoms with E-state index in [4.69, 9.17) is 10.5 Å². The van der Waals surface area contributed by atoms with E-state index < -0.39 is 0 Å². The van der Waals surface area contributed by atoms with Gasteiger partial charge in [0.25, 0.3) is 0 Å². The maximum atomic E-state index is 5.98. The van der Waals surface area contributed by atoms with Crippen LogP contribution < -0.4 is 15.8 Å². The summed E-state index contributed by atoms with van der Waals surface area (Å²) in [6.07, 6.45) is 8.70. The molecule has 0 radical (unpaired) electrons. The first-order valence-electron chi connectivity index (χ1n) is 13.5. The maximum absolute atomic E-state index is 5.98. The highest BCUT2D eigenvalue weighted by atomic mass is 16.5. The summed E-state index contributed by atoms with van der Waals surface area (Å²) in [5.41, 5.74) is 7.16. The number of para-hydroxylation sites is 1. The van der Waals surface area contributed by atoms with Gasteiger partial charge < -0.3 is 25.6 Å². The van der Waals surface area contributed by atoms with Crippen LogP contribution in [0.15, 0.2) is 65.7 Å². The molecule has 0 atom stereocenters. The fraction of sp³-hybridized carbons (Fsp3) is 0.552. The number of unbranched alkanes of at least 4 members (excludes halogenated alkanes) is 5. The van der Waals surface area contributed by atoms with Crippen molar-refractivity contribution >= 4 is 5.96 Å². The van der Waals surface area contributed by atoms with Crippen LogP contribution in [0.2, 0.25) is 0 Å². The molecule has 2 aromatic rings. The number of nitrogens with zero attached hydrogens (tertiary/aromatic N) is 3. The van der Waals surface area contributed by atoms with Crippen LogP contribution >= 0.6 is 0 Å². The molecular formula is C29H45N5O. The van der Waals surface area contributed by atoms with Crippen LogP contribution in [0.1, 0.15) is 50.5 Å². The van der Waals surface area contributed by atoms with Crippen LogP contribution in [0.3, 0.4) is 0 Å². The Morgan fingerprint density at radius 2 is 1.31 bits per heavy atom. The molecule has 1 heterocycles. The van der Waals surface area contributed by atoms with Crippen LogP contribution in [-0.2, 0) is 6.54 Å². The second-order valence-corrected chi connectivity index (χ2v) is 9.43. The lowest BCUT2D eigenvalue weighted by Crippen LogP contribution is -2.46. The number of piperazine rings is 1. The first kappa shape index (κ1) is 27.0. The van der Waals surface area contributed by atoms with E-state index in [-0.39, 0.29) is 0 Å². The quantitative estimate of drug-likeness (QED) is 0.211. The Kier molecular flexibility index (Phi) is 13.1. The van der Waals surface area contributed by atoms with Crippen LogP contribution in [0.4, 0.5) is 0 Å². The molecule has 0 aromatic heterocycles. The topological polar surface area (TPSA) is 66.1 Å². The number of nitrogens with two attached hydrogens (primary N) is 1. The van der Waals surface area contributed by atoms with Crippen molar-refractivity contribution in [3.8, 4) is 5.75 Å². The third kappa shape index (κ3) is 12.1. The fourth-order valence-electron chi connectivity index (χ4n) is 4.40. The smallest absolute Gasteiger partial charge is 0.188 e. The van der Waals surface area contributed by atoms with Crippen molar-refractivity contribution in [3.63, 3.8) is 0 Å². The number of nitrogens with one attached hydrogen (secondary N) is 1. The highest BCUT2D eigenvalue weighted by molar-refractivity contribution is 5.77. The van der Waals surface area contributed by atoms with Crippen molar-refractivity contribution < 1.29 is 4.74 Å². The molecule has 35 heavy (non-hydrogen) atoms. The molecular weight excluding hydrogens is 434 g/mol. The van der Waals surface area contributed by atoms with Gasteiger partial charge in [0.1, 0.15) is 5.75 Å². The molecule has 1 aliphatic rings. The Morgan fingerprint density at radius 1 is 0.743 bits per heavy atom. The average molecular weight is 480 g/mol. The standard InChI is InChI=1S/C29H45N5O/c30-29(32-26-27-14-6-4-7-15-27)31-18-10-12-20-34-23-21-33(22-24-34)19-11-2-1-3-13-25-35-28-16-8-5-9-17-28/h4-9,14-17H,1-3,10-13,18-26H2,(H3,30,31,32). The van der Waals surface area contributed by atoms with Gasteiger partial charge in [-0.1, -0.05) is 67.8 Å². The Labute approximate surface area is 212 Å². The number of hydrogen-bond acceptors (Lipinski definition) is 4. The summed E-state index contributed by atoms with van der Waals surface area (Å²) in [5.74, 6) is 1.53. The van der Waals surface area contributed by atoms with Gasteiger partial charge in [-0.05, 0) is 56.5 Å². The van der Waals surface area contributed by atoms with Gasteiger partial charge in [0.15, 0.2) is 5.96 Å². The predicted octanol–water partition coefficient (Wildman–Crippen LogP) is 4.52. The second-order valence-electron chi connectivity index (χ2n) is 9.43. The molecule has 192 valence electrons. The van der Waals surface area contributed by atoms with E-state index in [0.717, 1.165) is 31.7 Å². The first-order chi connectivity index (χ1) is 17.3. The van der Waals surface area contributed by atoms with Crippen molar-refractivity contribution in [3.05, 3.63) is 66.2 Å². The summed E-state index contributed by atoms with van der Waals surface area (Å²) in [4.78, 5) is 9.66. The molecule has 0 spiro atoms. The summed E-state index contributed by atoms with van der Waals surface area (Å²) in [5, 5.41) is 3.24. The Balaban J connectivity index is 1.10. The van der Waals surface area contributed by atoms with E-state index in [1.165, 1.54) is 76.9 Å². The lowest BCUT2D eigenvalue weighted by atomic mass is 10.1. The van der Waals surface area contributed by atoms with Gasteiger partial charge in [0.05, 0.1) is 13.2 Å². The normalized spacial score (nSPS) is 15.3. The number of benzene rings is 2. The van der Waals surface area contributed by atoms with Crippen molar-refractivity contribution in [2.24, 2.45) is 10.7 Å². The maximum Gasteiger partial charge on any atom is 0.188 e. The molecule has 3 rings (SSSR count). The Bertz CT molecular complexity index is 806. The first-order valence-corrected chi connectivity index (χ1v) is 13.5. The minimum atomic E-state index is 0.544. The molecule has 0 unspecified atom stereocenters. The number of ether oxygens (including phenoxy) is 1. The second kappa shape index (κ2) is 17.0. The van der Waals surface area contributed by atoms with Crippen LogP contribution in [0.5, 0.6) is 5.75 Å². The van der Waals surface area contributed by atoms with Crippen molar-refractivity contribution in [2.45, 2.75) is 51.5 Å². The van der Waals surface area contributed by atoms with Crippen molar-refractivity contribution in [1.82, 2.24) is 15.1 Å².